The van der Waals surface area contributed by atoms with Gasteiger partial charge in [0.1, 0.15) is 0 Å². The monoisotopic (exact) mass is 362 g/mol. The molecule has 26 heavy (non-hydrogen) atoms. The molecule has 1 aromatic carbocycles. The molecule has 0 bridgehead atoms. The zero-order valence-electron chi connectivity index (χ0n) is 15.4. The van der Waals surface area contributed by atoms with Crippen LogP contribution in [0.4, 0.5) is 16.2 Å². The number of primary amides is 1. The van der Waals surface area contributed by atoms with Gasteiger partial charge in [0.25, 0.3) is 0 Å². The Bertz CT molecular complexity index is 682. The third kappa shape index (κ3) is 4.66. The molecule has 1 fully saturated rings. The predicted molar refractivity (Wildman–Crippen MR) is 101 cm³/mol. The van der Waals surface area contributed by atoms with E-state index in [1.54, 1.807) is 12.1 Å². The average molecular weight is 362 g/mol. The highest BCUT2D eigenvalue weighted by Gasteiger charge is 2.24. The first-order valence-electron chi connectivity index (χ1n) is 8.39. The van der Waals surface area contributed by atoms with Gasteiger partial charge in [0, 0.05) is 31.3 Å². The van der Waals surface area contributed by atoms with Gasteiger partial charge >= 0.3 is 6.09 Å². The van der Waals surface area contributed by atoms with Gasteiger partial charge in [0.05, 0.1) is 18.5 Å². The number of rotatable bonds is 6. The van der Waals surface area contributed by atoms with Crippen molar-refractivity contribution >= 4 is 23.4 Å². The van der Waals surface area contributed by atoms with Gasteiger partial charge in [0.2, 0.25) is 5.91 Å². The number of carbonyl (C=O) groups is 2. The van der Waals surface area contributed by atoms with Gasteiger partial charge in [-0.2, -0.15) is 0 Å². The summed E-state index contributed by atoms with van der Waals surface area (Å²) in [6, 6.07) is 3.81. The normalized spacial score (nSPS) is 14.8. The standard InChI is InChI=1S/C18H26N4O4/c1-5-17(23)20-13-10-16(26-18(19)24)15(25-4)11-14(13)22-8-6-12(7-9-22)21(2)3/h5,10-12H,1,6-9H2,2-4H3,(H2,19,24)(H,20,23). The summed E-state index contributed by atoms with van der Waals surface area (Å²) in [6.45, 7) is 5.14. The van der Waals surface area contributed by atoms with Crippen molar-refractivity contribution in [3.8, 4) is 11.5 Å². The van der Waals surface area contributed by atoms with E-state index in [0.29, 0.717) is 17.5 Å². The Morgan fingerprint density at radius 3 is 2.46 bits per heavy atom. The van der Waals surface area contributed by atoms with E-state index in [1.165, 1.54) is 13.2 Å². The van der Waals surface area contributed by atoms with Crippen molar-refractivity contribution in [2.45, 2.75) is 18.9 Å². The van der Waals surface area contributed by atoms with Gasteiger partial charge in [-0.25, -0.2) is 4.79 Å². The molecule has 1 saturated heterocycles. The predicted octanol–water partition coefficient (Wildman–Crippen LogP) is 1.81. The number of carbonyl (C=O) groups excluding carboxylic acids is 2. The molecule has 0 atom stereocenters. The Labute approximate surface area is 153 Å². The molecule has 0 unspecified atom stereocenters. The Hall–Kier alpha value is -2.74. The quantitative estimate of drug-likeness (QED) is 0.749. The molecule has 3 N–H and O–H groups in total. The Morgan fingerprint density at radius 2 is 1.96 bits per heavy atom. The minimum Gasteiger partial charge on any atom is -0.493 e. The lowest BCUT2D eigenvalue weighted by Crippen LogP contribution is -2.42. The van der Waals surface area contributed by atoms with Crippen molar-refractivity contribution in [3.63, 3.8) is 0 Å². The van der Waals surface area contributed by atoms with Crippen LogP contribution in [0.2, 0.25) is 0 Å². The molecule has 2 amide bonds. The summed E-state index contributed by atoms with van der Waals surface area (Å²) >= 11 is 0. The number of amides is 2. The Balaban J connectivity index is 2.37. The number of piperidine rings is 1. The minimum atomic E-state index is -0.955. The van der Waals surface area contributed by atoms with Crippen LogP contribution in [0.15, 0.2) is 24.8 Å². The summed E-state index contributed by atoms with van der Waals surface area (Å²) in [6.07, 6.45) is 2.23. The number of ether oxygens (including phenoxy) is 2. The fourth-order valence-corrected chi connectivity index (χ4v) is 3.07. The highest BCUT2D eigenvalue weighted by molar-refractivity contribution is 6.01. The molecule has 1 aliphatic heterocycles. The number of anilines is 2. The second-order valence-electron chi connectivity index (χ2n) is 6.32. The van der Waals surface area contributed by atoms with E-state index in [-0.39, 0.29) is 11.7 Å². The molecule has 1 aromatic rings. The number of benzene rings is 1. The summed E-state index contributed by atoms with van der Waals surface area (Å²) in [7, 11) is 5.64. The first-order chi connectivity index (χ1) is 12.3. The molecule has 8 heteroatoms. The first kappa shape index (κ1) is 19.6. The van der Waals surface area contributed by atoms with Crippen molar-refractivity contribution in [1.82, 2.24) is 4.90 Å². The lowest BCUT2D eigenvalue weighted by Gasteiger charge is -2.37. The SMILES string of the molecule is C=CC(=O)Nc1cc(OC(N)=O)c(OC)cc1N1CCC(N(C)C)CC1. The first-order valence-corrected chi connectivity index (χ1v) is 8.39. The molecule has 2 rings (SSSR count). The molecule has 0 radical (unpaired) electrons. The average Bonchev–Trinajstić information content (AvgIpc) is 2.61. The van der Waals surface area contributed by atoms with E-state index < -0.39 is 6.09 Å². The maximum atomic E-state index is 11.8. The van der Waals surface area contributed by atoms with Crippen LogP contribution in [-0.2, 0) is 4.79 Å². The zero-order chi connectivity index (χ0) is 19.3. The van der Waals surface area contributed by atoms with Crippen molar-refractivity contribution in [1.29, 1.82) is 0 Å². The highest BCUT2D eigenvalue weighted by atomic mass is 16.6. The maximum absolute atomic E-state index is 11.8. The van der Waals surface area contributed by atoms with Crippen LogP contribution in [-0.4, -0.2) is 57.2 Å². The number of nitrogens with one attached hydrogen (secondary N) is 1. The number of methoxy groups -OCH3 is 1. The summed E-state index contributed by atoms with van der Waals surface area (Å²) in [5.74, 6) is 0.154. The van der Waals surface area contributed by atoms with Crippen LogP contribution in [0.25, 0.3) is 0 Å². The molecular weight excluding hydrogens is 336 g/mol. The minimum absolute atomic E-state index is 0.145. The van der Waals surface area contributed by atoms with Crippen LogP contribution in [0.5, 0.6) is 11.5 Å². The van der Waals surface area contributed by atoms with Crippen molar-refractivity contribution in [2.24, 2.45) is 5.73 Å². The van der Waals surface area contributed by atoms with E-state index in [4.69, 9.17) is 15.2 Å². The number of nitrogens with two attached hydrogens (primary N) is 1. The van der Waals surface area contributed by atoms with Crippen LogP contribution < -0.4 is 25.4 Å². The number of hydrogen-bond donors (Lipinski definition) is 2. The summed E-state index contributed by atoms with van der Waals surface area (Å²) < 4.78 is 10.3. The lowest BCUT2D eigenvalue weighted by atomic mass is 10.0. The van der Waals surface area contributed by atoms with Gasteiger partial charge in [-0.15, -0.1) is 0 Å². The van der Waals surface area contributed by atoms with E-state index in [9.17, 15) is 9.59 Å². The van der Waals surface area contributed by atoms with Crippen molar-refractivity contribution in [3.05, 3.63) is 24.8 Å². The van der Waals surface area contributed by atoms with E-state index in [1.807, 2.05) is 0 Å². The third-order valence-electron chi connectivity index (χ3n) is 4.47. The molecule has 1 aliphatic rings. The molecule has 0 saturated carbocycles. The molecule has 8 nitrogen and oxygen atoms in total. The van der Waals surface area contributed by atoms with Gasteiger partial charge in [-0.05, 0) is 33.0 Å². The van der Waals surface area contributed by atoms with E-state index >= 15 is 0 Å². The van der Waals surface area contributed by atoms with Crippen LogP contribution in [0.3, 0.4) is 0 Å². The largest absolute Gasteiger partial charge is 0.493 e. The van der Waals surface area contributed by atoms with Crippen molar-refractivity contribution < 1.29 is 19.1 Å². The van der Waals surface area contributed by atoms with Gasteiger partial charge in [0.15, 0.2) is 11.5 Å². The molecule has 1 heterocycles. The molecule has 0 spiro atoms. The lowest BCUT2D eigenvalue weighted by molar-refractivity contribution is -0.111. The fourth-order valence-electron chi connectivity index (χ4n) is 3.07. The maximum Gasteiger partial charge on any atom is 0.410 e. The molecular formula is C18H26N4O4. The topological polar surface area (TPSA) is 97.1 Å². The summed E-state index contributed by atoms with van der Waals surface area (Å²) in [5.41, 5.74) is 6.42. The van der Waals surface area contributed by atoms with Crippen LogP contribution in [0.1, 0.15) is 12.8 Å². The summed E-state index contributed by atoms with van der Waals surface area (Å²) in [4.78, 5) is 27.4. The summed E-state index contributed by atoms with van der Waals surface area (Å²) in [5, 5.41) is 2.76. The molecule has 0 aliphatic carbocycles. The highest BCUT2D eigenvalue weighted by Crippen LogP contribution is 2.39. The fraction of sp³-hybridized carbons (Fsp3) is 0.444. The molecule has 0 aromatic heterocycles. The van der Waals surface area contributed by atoms with Gasteiger partial charge in [-0.3, -0.25) is 4.79 Å². The molecule has 142 valence electrons. The zero-order valence-corrected chi connectivity index (χ0v) is 15.4. The Kier molecular flexibility index (Phi) is 6.46. The van der Waals surface area contributed by atoms with Crippen LogP contribution in [0, 0.1) is 0 Å². The second-order valence-corrected chi connectivity index (χ2v) is 6.32. The van der Waals surface area contributed by atoms with Crippen LogP contribution >= 0.6 is 0 Å². The third-order valence-corrected chi connectivity index (χ3v) is 4.47. The smallest absolute Gasteiger partial charge is 0.410 e. The Morgan fingerprint density at radius 1 is 1.31 bits per heavy atom. The van der Waals surface area contributed by atoms with Gasteiger partial charge < -0.3 is 30.3 Å². The number of nitrogens with zero attached hydrogens (tertiary/aromatic N) is 2. The number of hydrogen-bond acceptors (Lipinski definition) is 6. The van der Waals surface area contributed by atoms with E-state index in [0.717, 1.165) is 31.6 Å². The van der Waals surface area contributed by atoms with Crippen molar-refractivity contribution in [2.75, 3.05) is 44.5 Å². The second kappa shape index (κ2) is 8.57. The van der Waals surface area contributed by atoms with Gasteiger partial charge in [-0.1, -0.05) is 6.58 Å². The van der Waals surface area contributed by atoms with E-state index in [2.05, 4.69) is 35.8 Å².